The Morgan fingerprint density at radius 2 is 1.60 bits per heavy atom. The topological polar surface area (TPSA) is 139 Å². The first-order chi connectivity index (χ1) is 16.5. The first-order valence-electron chi connectivity index (χ1n) is 11.6. The fourth-order valence-corrected chi connectivity index (χ4v) is 7.54. The highest BCUT2D eigenvalue weighted by Gasteiger charge is 2.34. The number of nitrogens with one attached hydrogen (secondary N) is 2. The molecule has 1 aromatic carbocycles. The van der Waals surface area contributed by atoms with Gasteiger partial charge in [0.15, 0.2) is 5.69 Å². The van der Waals surface area contributed by atoms with Gasteiger partial charge in [0.25, 0.3) is 11.9 Å². The summed E-state index contributed by atoms with van der Waals surface area (Å²) in [6.07, 6.45) is 7.10. The van der Waals surface area contributed by atoms with Crippen molar-refractivity contribution in [1.82, 2.24) is 14.0 Å². The number of oxazole rings is 1. The summed E-state index contributed by atoms with van der Waals surface area (Å²) in [5.41, 5.74) is 3.82. The number of carbonyl (C=O) groups excluding carboxylic acids is 1. The zero-order chi connectivity index (χ0) is 25.0. The van der Waals surface area contributed by atoms with Crippen LogP contribution in [0.1, 0.15) is 58.4 Å². The van der Waals surface area contributed by atoms with Gasteiger partial charge in [-0.05, 0) is 73.6 Å². The van der Waals surface area contributed by atoms with Crippen LogP contribution >= 0.6 is 0 Å². The Morgan fingerprint density at radius 3 is 2.17 bits per heavy atom. The largest absolute Gasteiger partial charge is 0.431 e. The summed E-state index contributed by atoms with van der Waals surface area (Å²) < 4.78 is 72.0. The molecular weight excluding hydrogens is 499 g/mol. The average molecular weight is 527 g/mol. The third kappa shape index (κ3) is 4.56. The van der Waals surface area contributed by atoms with Gasteiger partial charge in [-0.2, -0.15) is 17.7 Å². The molecule has 2 heterocycles. The van der Waals surface area contributed by atoms with E-state index in [4.69, 9.17) is 4.42 Å². The van der Waals surface area contributed by atoms with Crippen LogP contribution in [0.5, 0.6) is 0 Å². The average Bonchev–Trinajstić information content (AvgIpc) is 3.56. The molecule has 2 N–H and O–H groups in total. The Labute approximate surface area is 203 Å². The second-order valence-corrected chi connectivity index (χ2v) is 13.3. The molecule has 0 atom stereocenters. The highest BCUT2D eigenvalue weighted by Crippen LogP contribution is 2.41. The highest BCUT2D eigenvalue weighted by molar-refractivity contribution is 7.91. The van der Waals surface area contributed by atoms with Gasteiger partial charge in [-0.15, -0.1) is 0 Å². The van der Waals surface area contributed by atoms with E-state index in [0.717, 1.165) is 70.4 Å². The Hall–Kier alpha value is -2.51. The molecule has 0 unspecified atom stereocenters. The standard InChI is InChI=1S/C22H27FN4O6S2/c1-34(29,30)13-8-10-27(11-9-13)35(31,32)26-21(28)18-12-33-22(24-18)25-20-16-6-2-4-14(16)19(23)15-5-3-7-17(15)20/h12-13H,2-11H2,1H3,(H,24,25)(H,26,28). The van der Waals surface area contributed by atoms with Crippen molar-refractivity contribution >= 4 is 37.7 Å². The summed E-state index contributed by atoms with van der Waals surface area (Å²) in [5.74, 6) is -1.06. The van der Waals surface area contributed by atoms with Crippen molar-refractivity contribution in [1.29, 1.82) is 0 Å². The van der Waals surface area contributed by atoms with Gasteiger partial charge in [-0.25, -0.2) is 17.5 Å². The van der Waals surface area contributed by atoms with E-state index in [-0.39, 0.29) is 43.5 Å². The molecule has 10 nitrogen and oxygen atoms in total. The van der Waals surface area contributed by atoms with Crippen LogP contribution in [-0.2, 0) is 45.7 Å². The lowest BCUT2D eigenvalue weighted by atomic mass is 9.98. The molecule has 190 valence electrons. The minimum absolute atomic E-state index is 0.00718. The van der Waals surface area contributed by atoms with Crippen molar-refractivity contribution in [3.05, 3.63) is 40.0 Å². The van der Waals surface area contributed by atoms with Gasteiger partial charge in [-0.3, -0.25) is 4.79 Å². The van der Waals surface area contributed by atoms with Gasteiger partial charge >= 0.3 is 10.2 Å². The molecule has 5 rings (SSSR count). The number of piperidine rings is 1. The third-order valence-electron chi connectivity index (χ3n) is 7.11. The summed E-state index contributed by atoms with van der Waals surface area (Å²) in [6.45, 7) is -0.0144. The number of benzene rings is 1. The Kier molecular flexibility index (Phi) is 6.12. The number of sulfone groups is 1. The number of hydrogen-bond donors (Lipinski definition) is 2. The minimum atomic E-state index is -4.17. The lowest BCUT2D eigenvalue weighted by Crippen LogP contribution is -2.48. The van der Waals surface area contributed by atoms with Gasteiger partial charge in [0.2, 0.25) is 0 Å². The van der Waals surface area contributed by atoms with E-state index in [2.05, 4.69) is 10.3 Å². The van der Waals surface area contributed by atoms with Crippen LogP contribution in [0.3, 0.4) is 0 Å². The summed E-state index contributed by atoms with van der Waals surface area (Å²) in [4.78, 5) is 16.7. The molecule has 13 heteroatoms. The third-order valence-corrected chi connectivity index (χ3v) is 10.3. The quantitative estimate of drug-likeness (QED) is 0.583. The minimum Gasteiger partial charge on any atom is -0.431 e. The maximum absolute atomic E-state index is 14.9. The van der Waals surface area contributed by atoms with E-state index < -0.39 is 31.2 Å². The first-order valence-corrected chi connectivity index (χ1v) is 15.0. The molecule has 1 aliphatic heterocycles. The molecule has 0 bridgehead atoms. The van der Waals surface area contributed by atoms with E-state index in [1.54, 1.807) is 0 Å². The van der Waals surface area contributed by atoms with E-state index in [1.807, 2.05) is 4.72 Å². The maximum Gasteiger partial charge on any atom is 0.304 e. The van der Waals surface area contributed by atoms with Crippen LogP contribution in [-0.4, -0.2) is 56.6 Å². The van der Waals surface area contributed by atoms with Crippen LogP contribution in [0.25, 0.3) is 0 Å². The molecule has 1 amide bonds. The fraction of sp³-hybridized carbons (Fsp3) is 0.545. The highest BCUT2D eigenvalue weighted by atomic mass is 32.2. The number of nitrogens with zero attached hydrogens (tertiary/aromatic N) is 2. The lowest BCUT2D eigenvalue weighted by molar-refractivity contribution is 0.0973. The summed E-state index contributed by atoms with van der Waals surface area (Å²) >= 11 is 0. The Balaban J connectivity index is 1.29. The normalized spacial score (nSPS) is 18.9. The molecule has 1 aromatic heterocycles. The van der Waals surface area contributed by atoms with Crippen LogP contribution in [0.2, 0.25) is 0 Å². The van der Waals surface area contributed by atoms with Gasteiger partial charge in [0, 0.05) is 25.0 Å². The first kappa shape index (κ1) is 24.2. The predicted octanol–water partition coefficient (Wildman–Crippen LogP) is 2.02. The summed E-state index contributed by atoms with van der Waals surface area (Å²) in [7, 11) is -7.43. The van der Waals surface area contributed by atoms with Gasteiger partial charge in [0.1, 0.15) is 21.9 Å². The van der Waals surface area contributed by atoms with Crippen molar-refractivity contribution in [2.45, 2.75) is 56.6 Å². The van der Waals surface area contributed by atoms with Crippen LogP contribution < -0.4 is 10.0 Å². The molecule has 2 aromatic rings. The zero-order valence-corrected chi connectivity index (χ0v) is 20.9. The molecule has 3 aliphatic rings. The number of anilines is 2. The SMILES string of the molecule is CS(=O)(=O)C1CCN(S(=O)(=O)NC(=O)c2coc(Nc3c4c(c(F)c5c3CCC5)CCC4)n2)CC1. The monoisotopic (exact) mass is 526 g/mol. The number of fused-ring (bicyclic) bond motifs is 2. The van der Waals surface area contributed by atoms with Gasteiger partial charge in [-0.1, -0.05) is 0 Å². The van der Waals surface area contributed by atoms with Crippen LogP contribution in [0.4, 0.5) is 16.1 Å². The second kappa shape index (κ2) is 8.86. The van der Waals surface area contributed by atoms with E-state index in [9.17, 15) is 26.0 Å². The van der Waals surface area contributed by atoms with Crippen LogP contribution in [0, 0.1) is 5.82 Å². The second-order valence-electron chi connectivity index (χ2n) is 9.34. The van der Waals surface area contributed by atoms with E-state index >= 15 is 0 Å². The van der Waals surface area contributed by atoms with Crippen molar-refractivity contribution in [3.8, 4) is 0 Å². The lowest BCUT2D eigenvalue weighted by Gasteiger charge is -2.29. The zero-order valence-electron chi connectivity index (χ0n) is 19.3. The molecule has 1 fully saturated rings. The van der Waals surface area contributed by atoms with Crippen molar-refractivity contribution in [2.24, 2.45) is 0 Å². The molecule has 0 spiro atoms. The Morgan fingerprint density at radius 1 is 1.03 bits per heavy atom. The number of rotatable bonds is 6. The van der Waals surface area contributed by atoms with Gasteiger partial charge in [0.05, 0.1) is 5.25 Å². The molecular formula is C22H27FN4O6S2. The smallest absolute Gasteiger partial charge is 0.304 e. The molecule has 0 radical (unpaired) electrons. The number of halogens is 1. The molecule has 1 saturated heterocycles. The van der Waals surface area contributed by atoms with E-state index in [1.165, 1.54) is 0 Å². The van der Waals surface area contributed by atoms with Crippen molar-refractivity contribution < 1.29 is 30.4 Å². The van der Waals surface area contributed by atoms with Crippen molar-refractivity contribution in [2.75, 3.05) is 24.7 Å². The van der Waals surface area contributed by atoms with E-state index in [0.29, 0.717) is 12.8 Å². The number of hydrogen-bond acceptors (Lipinski definition) is 8. The van der Waals surface area contributed by atoms with Crippen LogP contribution in [0.15, 0.2) is 10.7 Å². The van der Waals surface area contributed by atoms with Gasteiger partial charge < -0.3 is 9.73 Å². The Bertz CT molecular complexity index is 1360. The summed E-state index contributed by atoms with van der Waals surface area (Å²) in [6, 6.07) is 0.0244. The van der Waals surface area contributed by atoms with Crippen molar-refractivity contribution in [3.63, 3.8) is 0 Å². The summed E-state index contributed by atoms with van der Waals surface area (Å²) in [5, 5.41) is 2.52. The molecule has 2 aliphatic carbocycles. The fourth-order valence-electron chi connectivity index (χ4n) is 5.32. The number of amides is 1. The molecule has 0 saturated carbocycles. The maximum atomic E-state index is 14.9. The predicted molar refractivity (Wildman–Crippen MR) is 126 cm³/mol. The number of aromatic nitrogens is 1. The number of carbonyl (C=O) groups is 1. The molecule has 35 heavy (non-hydrogen) atoms.